The minimum atomic E-state index is -0.992. The average Bonchev–Trinajstić information content (AvgIpc) is 2.91. The van der Waals surface area contributed by atoms with Gasteiger partial charge in [-0.3, -0.25) is 4.79 Å². The van der Waals surface area contributed by atoms with Crippen molar-refractivity contribution in [2.45, 2.75) is 19.0 Å². The first-order valence-electron chi connectivity index (χ1n) is 6.65. The number of hydrogen-bond donors (Lipinski definition) is 1. The third-order valence-electron chi connectivity index (χ3n) is 3.72. The Labute approximate surface area is 121 Å². The summed E-state index contributed by atoms with van der Waals surface area (Å²) in [5.74, 6) is -1.34. The van der Waals surface area contributed by atoms with Crippen molar-refractivity contribution in [2.75, 3.05) is 0 Å². The molecule has 1 N–H and O–H groups in total. The fraction of sp³-hybridized carbons (Fsp3) is 0.267. The predicted molar refractivity (Wildman–Crippen MR) is 74.7 cm³/mol. The molecule has 6 heteroatoms. The Balaban J connectivity index is 1.96. The molecule has 0 aliphatic carbocycles. The molecule has 0 fully saturated rings. The van der Waals surface area contributed by atoms with E-state index in [2.05, 4.69) is 4.98 Å². The molecule has 6 nitrogen and oxygen atoms in total. The Morgan fingerprint density at radius 2 is 2.00 bits per heavy atom. The Morgan fingerprint density at radius 1 is 1.29 bits per heavy atom. The lowest BCUT2D eigenvalue weighted by Crippen LogP contribution is -2.48. The van der Waals surface area contributed by atoms with Crippen LogP contribution in [0.15, 0.2) is 36.8 Å². The van der Waals surface area contributed by atoms with E-state index in [1.807, 2.05) is 24.3 Å². The molecule has 2 heterocycles. The second kappa shape index (κ2) is 5.05. The maximum absolute atomic E-state index is 12.5. The number of carbonyl (C=O) groups excluding carboxylic acids is 1. The van der Waals surface area contributed by atoms with E-state index in [0.717, 1.165) is 11.1 Å². The van der Waals surface area contributed by atoms with Crippen molar-refractivity contribution in [1.29, 1.82) is 0 Å². The maximum Gasteiger partial charge on any atom is 0.326 e. The number of rotatable bonds is 2. The van der Waals surface area contributed by atoms with E-state index in [-0.39, 0.29) is 11.6 Å². The van der Waals surface area contributed by atoms with Crippen LogP contribution in [0.3, 0.4) is 0 Å². The number of aromatic nitrogens is 2. The van der Waals surface area contributed by atoms with Crippen LogP contribution in [0.5, 0.6) is 0 Å². The van der Waals surface area contributed by atoms with Gasteiger partial charge in [-0.2, -0.15) is 0 Å². The smallest absolute Gasteiger partial charge is 0.326 e. The highest BCUT2D eigenvalue weighted by atomic mass is 16.4. The first-order chi connectivity index (χ1) is 10.1. The summed E-state index contributed by atoms with van der Waals surface area (Å²) in [6.07, 6.45) is 3.45. The van der Waals surface area contributed by atoms with Gasteiger partial charge < -0.3 is 14.6 Å². The summed E-state index contributed by atoms with van der Waals surface area (Å²) < 4.78 is 1.67. The van der Waals surface area contributed by atoms with Crippen molar-refractivity contribution in [1.82, 2.24) is 14.5 Å². The molecule has 1 atom stereocenters. The second-order valence-electron chi connectivity index (χ2n) is 5.18. The number of hydrogen-bond acceptors (Lipinski definition) is 3. The summed E-state index contributed by atoms with van der Waals surface area (Å²) in [7, 11) is 1.77. The highest BCUT2D eigenvalue weighted by molar-refractivity contribution is 5.95. The lowest BCUT2D eigenvalue weighted by atomic mass is 9.94. The van der Waals surface area contributed by atoms with E-state index in [1.165, 1.54) is 11.2 Å². The third-order valence-corrected chi connectivity index (χ3v) is 3.72. The zero-order valence-corrected chi connectivity index (χ0v) is 11.6. The molecule has 0 saturated heterocycles. The number of carboxylic acids is 1. The number of carboxylic acid groups (broad SMARTS) is 1. The number of fused-ring (bicyclic) bond motifs is 1. The summed E-state index contributed by atoms with van der Waals surface area (Å²) >= 11 is 0. The van der Waals surface area contributed by atoms with Crippen LogP contribution in [0.4, 0.5) is 0 Å². The van der Waals surface area contributed by atoms with Gasteiger partial charge in [-0.15, -0.1) is 0 Å². The van der Waals surface area contributed by atoms with Crippen molar-refractivity contribution in [3.63, 3.8) is 0 Å². The standard InChI is InChI=1S/C15H15N3O3/c1-17-8-12(16-9-17)14(19)18-7-11-5-3-2-4-10(11)6-13(18)15(20)21/h2-5,8-9,13H,6-7H2,1H3,(H,20,21)/t13-/m1/s1. The van der Waals surface area contributed by atoms with Gasteiger partial charge in [-0.1, -0.05) is 24.3 Å². The summed E-state index contributed by atoms with van der Waals surface area (Å²) in [6.45, 7) is 0.294. The Bertz CT molecular complexity index is 708. The van der Waals surface area contributed by atoms with Crippen molar-refractivity contribution in [2.24, 2.45) is 7.05 Å². The quantitative estimate of drug-likeness (QED) is 0.895. The van der Waals surface area contributed by atoms with Crippen molar-refractivity contribution < 1.29 is 14.7 Å². The van der Waals surface area contributed by atoms with E-state index >= 15 is 0 Å². The van der Waals surface area contributed by atoms with Gasteiger partial charge in [0.05, 0.1) is 6.33 Å². The first-order valence-corrected chi connectivity index (χ1v) is 6.65. The molecule has 0 unspecified atom stereocenters. The van der Waals surface area contributed by atoms with Crippen LogP contribution in [0, 0.1) is 0 Å². The fourth-order valence-corrected chi connectivity index (χ4v) is 2.63. The van der Waals surface area contributed by atoms with Crippen LogP contribution < -0.4 is 0 Å². The van der Waals surface area contributed by atoms with Gasteiger partial charge in [0.15, 0.2) is 0 Å². The van der Waals surface area contributed by atoms with E-state index in [0.29, 0.717) is 13.0 Å². The SMILES string of the molecule is Cn1cnc(C(=O)N2Cc3ccccc3C[C@@H]2C(=O)O)c1. The number of imidazole rings is 1. The van der Waals surface area contributed by atoms with Gasteiger partial charge in [0, 0.05) is 26.2 Å². The van der Waals surface area contributed by atoms with Gasteiger partial charge in [0.1, 0.15) is 11.7 Å². The predicted octanol–water partition coefficient (Wildman–Crippen LogP) is 1.07. The molecule has 108 valence electrons. The van der Waals surface area contributed by atoms with Crippen LogP contribution >= 0.6 is 0 Å². The van der Waals surface area contributed by atoms with Gasteiger partial charge in [0.2, 0.25) is 0 Å². The summed E-state index contributed by atoms with van der Waals surface area (Å²) in [4.78, 5) is 29.4. The molecule has 0 saturated carbocycles. The number of benzene rings is 1. The van der Waals surface area contributed by atoms with E-state index in [9.17, 15) is 14.7 Å². The van der Waals surface area contributed by atoms with E-state index in [4.69, 9.17) is 0 Å². The monoisotopic (exact) mass is 285 g/mol. The van der Waals surface area contributed by atoms with Gasteiger partial charge in [0.25, 0.3) is 5.91 Å². The van der Waals surface area contributed by atoms with Crippen molar-refractivity contribution >= 4 is 11.9 Å². The number of nitrogens with zero attached hydrogens (tertiary/aromatic N) is 3. The highest BCUT2D eigenvalue weighted by Crippen LogP contribution is 2.24. The maximum atomic E-state index is 12.5. The van der Waals surface area contributed by atoms with Gasteiger partial charge in [-0.25, -0.2) is 9.78 Å². The number of carbonyl (C=O) groups is 2. The molecule has 3 rings (SSSR count). The lowest BCUT2D eigenvalue weighted by Gasteiger charge is -2.34. The second-order valence-corrected chi connectivity index (χ2v) is 5.18. The highest BCUT2D eigenvalue weighted by Gasteiger charge is 2.35. The van der Waals surface area contributed by atoms with E-state index < -0.39 is 12.0 Å². The van der Waals surface area contributed by atoms with Crippen LogP contribution in [-0.2, 0) is 24.8 Å². The molecular weight excluding hydrogens is 270 g/mol. The normalized spacial score (nSPS) is 17.4. The molecule has 2 aromatic rings. The van der Waals surface area contributed by atoms with Crippen LogP contribution in [-0.4, -0.2) is 37.5 Å². The largest absolute Gasteiger partial charge is 0.480 e. The molecule has 0 bridgehead atoms. The molecule has 1 aliphatic rings. The number of aryl methyl sites for hydroxylation is 1. The third kappa shape index (κ3) is 2.40. The molecule has 21 heavy (non-hydrogen) atoms. The summed E-state index contributed by atoms with van der Waals surface area (Å²) in [6, 6.07) is 6.76. The summed E-state index contributed by atoms with van der Waals surface area (Å²) in [5.41, 5.74) is 2.23. The molecule has 1 amide bonds. The molecule has 1 aromatic heterocycles. The molecule has 0 spiro atoms. The molecule has 0 radical (unpaired) electrons. The van der Waals surface area contributed by atoms with Crippen LogP contribution in [0.1, 0.15) is 21.6 Å². The van der Waals surface area contributed by atoms with E-state index in [1.54, 1.807) is 17.8 Å². The summed E-state index contributed by atoms with van der Waals surface area (Å²) in [5, 5.41) is 9.42. The average molecular weight is 285 g/mol. The van der Waals surface area contributed by atoms with Crippen molar-refractivity contribution in [3.8, 4) is 0 Å². The van der Waals surface area contributed by atoms with Crippen LogP contribution in [0.2, 0.25) is 0 Å². The van der Waals surface area contributed by atoms with Crippen LogP contribution in [0.25, 0.3) is 0 Å². The Hall–Kier alpha value is -2.63. The minimum absolute atomic E-state index is 0.267. The Kier molecular flexibility index (Phi) is 3.21. The van der Waals surface area contributed by atoms with Crippen molar-refractivity contribution in [3.05, 3.63) is 53.6 Å². The molecule has 1 aliphatic heterocycles. The number of amides is 1. The lowest BCUT2D eigenvalue weighted by molar-refractivity contribution is -0.142. The topological polar surface area (TPSA) is 75.4 Å². The first kappa shape index (κ1) is 13.4. The number of aliphatic carboxylic acids is 1. The zero-order chi connectivity index (χ0) is 15.0. The zero-order valence-electron chi connectivity index (χ0n) is 11.6. The molecule has 1 aromatic carbocycles. The van der Waals surface area contributed by atoms with Gasteiger partial charge >= 0.3 is 5.97 Å². The molecular formula is C15H15N3O3. The minimum Gasteiger partial charge on any atom is -0.480 e. The van der Waals surface area contributed by atoms with Gasteiger partial charge in [-0.05, 0) is 11.1 Å². The fourth-order valence-electron chi connectivity index (χ4n) is 2.63. The Morgan fingerprint density at radius 3 is 2.62 bits per heavy atom.